The molecule has 1 N–H and O–H groups in total. The number of hydrogen-bond donors (Lipinski definition) is 1. The van der Waals surface area contributed by atoms with Crippen LogP contribution < -0.4 is 0 Å². The molecule has 130 valence electrons. The van der Waals surface area contributed by atoms with E-state index >= 15 is 0 Å². The van der Waals surface area contributed by atoms with Crippen LogP contribution in [0.2, 0.25) is 0 Å². The highest BCUT2D eigenvalue weighted by atomic mass is 16.4. The van der Waals surface area contributed by atoms with E-state index in [1.165, 1.54) is 12.8 Å². The van der Waals surface area contributed by atoms with Gasteiger partial charge in [-0.25, -0.2) is 0 Å². The van der Waals surface area contributed by atoms with Gasteiger partial charge in [0.25, 0.3) is 0 Å². The zero-order valence-electron chi connectivity index (χ0n) is 14.4. The summed E-state index contributed by atoms with van der Waals surface area (Å²) < 4.78 is 0. The van der Waals surface area contributed by atoms with E-state index in [2.05, 4.69) is 4.90 Å². The summed E-state index contributed by atoms with van der Waals surface area (Å²) >= 11 is 0. The van der Waals surface area contributed by atoms with Crippen LogP contribution in [0.25, 0.3) is 0 Å². The maximum Gasteiger partial charge on any atom is 0.311 e. The van der Waals surface area contributed by atoms with E-state index in [9.17, 15) is 14.7 Å². The standard InChI is InChI=1S/C18H30N2O3/c1-2-17(16(22)23)8-7-11-19(14-17)15(21)18(9-3-4-10-18)20-12-5-6-13-20/h2-14H2,1H3,(H,22,23). The van der Waals surface area contributed by atoms with Gasteiger partial charge >= 0.3 is 5.97 Å². The minimum Gasteiger partial charge on any atom is -0.481 e. The molecule has 0 spiro atoms. The number of likely N-dealkylation sites (tertiary alicyclic amines) is 2. The van der Waals surface area contributed by atoms with Crippen molar-refractivity contribution in [2.24, 2.45) is 5.41 Å². The van der Waals surface area contributed by atoms with Crippen molar-refractivity contribution in [3.8, 4) is 0 Å². The quantitative estimate of drug-likeness (QED) is 0.864. The SMILES string of the molecule is CCC1(C(=O)O)CCCN(C(=O)C2(N3CCCC3)CCCC2)C1. The molecule has 5 heteroatoms. The van der Waals surface area contributed by atoms with E-state index < -0.39 is 11.4 Å². The van der Waals surface area contributed by atoms with Crippen molar-refractivity contribution in [3.05, 3.63) is 0 Å². The van der Waals surface area contributed by atoms with Gasteiger partial charge in [0.2, 0.25) is 5.91 Å². The lowest BCUT2D eigenvalue weighted by molar-refractivity contribution is -0.158. The molecule has 0 aromatic carbocycles. The Bertz CT molecular complexity index is 467. The molecule has 3 rings (SSSR count). The van der Waals surface area contributed by atoms with Gasteiger partial charge < -0.3 is 10.0 Å². The maximum atomic E-state index is 13.4. The first kappa shape index (κ1) is 16.7. The zero-order chi connectivity index (χ0) is 16.5. The van der Waals surface area contributed by atoms with Crippen LogP contribution in [0.1, 0.15) is 64.7 Å². The number of nitrogens with zero attached hydrogens (tertiary/aromatic N) is 2. The second-order valence-corrected chi connectivity index (χ2v) is 7.70. The Labute approximate surface area is 139 Å². The molecule has 0 bridgehead atoms. The molecule has 3 fully saturated rings. The first-order chi connectivity index (χ1) is 11.0. The number of rotatable bonds is 4. The van der Waals surface area contributed by atoms with Crippen molar-refractivity contribution in [1.29, 1.82) is 0 Å². The Morgan fingerprint density at radius 2 is 1.61 bits per heavy atom. The van der Waals surface area contributed by atoms with Gasteiger partial charge in [-0.05, 0) is 58.0 Å². The Kier molecular flexibility index (Phi) is 4.68. The second-order valence-electron chi connectivity index (χ2n) is 7.70. The van der Waals surface area contributed by atoms with Crippen LogP contribution in [0.15, 0.2) is 0 Å². The first-order valence-corrected chi connectivity index (χ1v) is 9.32. The Morgan fingerprint density at radius 3 is 2.17 bits per heavy atom. The fourth-order valence-electron chi connectivity index (χ4n) is 4.98. The van der Waals surface area contributed by atoms with Crippen molar-refractivity contribution >= 4 is 11.9 Å². The van der Waals surface area contributed by atoms with E-state index in [0.717, 1.165) is 51.7 Å². The molecular weight excluding hydrogens is 292 g/mol. The average molecular weight is 322 g/mol. The van der Waals surface area contributed by atoms with Gasteiger partial charge in [0, 0.05) is 13.1 Å². The van der Waals surface area contributed by atoms with Gasteiger partial charge in [0.1, 0.15) is 5.54 Å². The van der Waals surface area contributed by atoms with Crippen molar-refractivity contribution in [1.82, 2.24) is 9.80 Å². The third-order valence-electron chi connectivity index (χ3n) is 6.53. The zero-order valence-corrected chi connectivity index (χ0v) is 14.4. The third-order valence-corrected chi connectivity index (χ3v) is 6.53. The predicted octanol–water partition coefficient (Wildman–Crippen LogP) is 2.50. The van der Waals surface area contributed by atoms with Crippen LogP contribution in [0, 0.1) is 5.41 Å². The number of carbonyl (C=O) groups is 2. The second kappa shape index (κ2) is 6.42. The van der Waals surface area contributed by atoms with Crippen LogP contribution in [0.5, 0.6) is 0 Å². The third kappa shape index (κ3) is 2.77. The van der Waals surface area contributed by atoms with Crippen molar-refractivity contribution in [2.75, 3.05) is 26.2 Å². The van der Waals surface area contributed by atoms with Crippen LogP contribution in [-0.2, 0) is 9.59 Å². The van der Waals surface area contributed by atoms with Gasteiger partial charge in [0.05, 0.1) is 5.41 Å². The lowest BCUT2D eigenvalue weighted by Crippen LogP contribution is -2.61. The van der Waals surface area contributed by atoms with Crippen LogP contribution >= 0.6 is 0 Å². The molecule has 0 aromatic rings. The lowest BCUT2D eigenvalue weighted by Gasteiger charge is -2.45. The minimum absolute atomic E-state index is 0.218. The molecule has 23 heavy (non-hydrogen) atoms. The number of carbonyl (C=O) groups excluding carboxylic acids is 1. The molecule has 1 atom stereocenters. The van der Waals surface area contributed by atoms with Crippen LogP contribution in [-0.4, -0.2) is 58.5 Å². The fraction of sp³-hybridized carbons (Fsp3) is 0.889. The minimum atomic E-state index is -0.737. The first-order valence-electron chi connectivity index (χ1n) is 9.32. The molecule has 2 heterocycles. The summed E-state index contributed by atoms with van der Waals surface area (Å²) in [5.41, 5.74) is -1.06. The predicted molar refractivity (Wildman–Crippen MR) is 88.2 cm³/mol. The molecule has 5 nitrogen and oxygen atoms in total. The molecule has 1 unspecified atom stereocenters. The summed E-state index contributed by atoms with van der Waals surface area (Å²) in [5, 5.41) is 9.68. The highest BCUT2D eigenvalue weighted by Gasteiger charge is 2.51. The van der Waals surface area contributed by atoms with Gasteiger partial charge in [-0.1, -0.05) is 19.8 Å². The highest BCUT2D eigenvalue weighted by Crippen LogP contribution is 2.41. The fourth-order valence-corrected chi connectivity index (χ4v) is 4.98. The van der Waals surface area contributed by atoms with Crippen molar-refractivity contribution in [2.45, 2.75) is 70.3 Å². The Morgan fingerprint density at radius 1 is 0.957 bits per heavy atom. The number of amides is 1. The molecule has 1 amide bonds. The maximum absolute atomic E-state index is 13.4. The largest absolute Gasteiger partial charge is 0.481 e. The van der Waals surface area contributed by atoms with E-state index in [1.807, 2.05) is 11.8 Å². The Balaban J connectivity index is 1.81. The number of hydrogen-bond acceptors (Lipinski definition) is 3. The summed E-state index contributed by atoms with van der Waals surface area (Å²) in [6.07, 6.45) is 8.61. The molecule has 1 aliphatic carbocycles. The summed E-state index contributed by atoms with van der Waals surface area (Å²) in [6, 6.07) is 0. The van der Waals surface area contributed by atoms with Crippen molar-refractivity contribution < 1.29 is 14.7 Å². The van der Waals surface area contributed by atoms with Crippen molar-refractivity contribution in [3.63, 3.8) is 0 Å². The van der Waals surface area contributed by atoms with E-state index in [0.29, 0.717) is 19.4 Å². The molecule has 2 saturated heterocycles. The summed E-state index contributed by atoms with van der Waals surface area (Å²) in [6.45, 7) is 5.11. The van der Waals surface area contributed by atoms with Gasteiger partial charge in [0.15, 0.2) is 0 Å². The average Bonchev–Trinajstić information content (AvgIpc) is 3.25. The summed E-state index contributed by atoms with van der Waals surface area (Å²) in [5.74, 6) is -0.519. The van der Waals surface area contributed by atoms with E-state index in [-0.39, 0.29) is 11.4 Å². The van der Waals surface area contributed by atoms with Gasteiger partial charge in [-0.3, -0.25) is 14.5 Å². The van der Waals surface area contributed by atoms with Gasteiger partial charge in [-0.15, -0.1) is 0 Å². The number of piperidine rings is 1. The number of carboxylic acid groups (broad SMARTS) is 1. The Hall–Kier alpha value is -1.10. The summed E-state index contributed by atoms with van der Waals surface area (Å²) in [7, 11) is 0. The van der Waals surface area contributed by atoms with E-state index in [4.69, 9.17) is 0 Å². The monoisotopic (exact) mass is 322 g/mol. The van der Waals surface area contributed by atoms with Crippen LogP contribution in [0.4, 0.5) is 0 Å². The van der Waals surface area contributed by atoms with Crippen LogP contribution in [0.3, 0.4) is 0 Å². The molecule has 0 aromatic heterocycles. The summed E-state index contributed by atoms with van der Waals surface area (Å²) in [4.78, 5) is 29.5. The topological polar surface area (TPSA) is 60.9 Å². The van der Waals surface area contributed by atoms with Gasteiger partial charge in [-0.2, -0.15) is 0 Å². The molecular formula is C18H30N2O3. The van der Waals surface area contributed by atoms with E-state index in [1.54, 1.807) is 0 Å². The highest BCUT2D eigenvalue weighted by molar-refractivity contribution is 5.88. The molecule has 0 radical (unpaired) electrons. The lowest BCUT2D eigenvalue weighted by atomic mass is 9.77. The molecule has 3 aliphatic rings. The smallest absolute Gasteiger partial charge is 0.311 e. The number of aliphatic carboxylic acids is 1. The molecule has 2 aliphatic heterocycles. The molecule has 1 saturated carbocycles. The number of carboxylic acids is 1. The normalized spacial score (nSPS) is 31.4.